The number of benzene rings is 1. The number of rotatable bonds is 6. The Morgan fingerprint density at radius 3 is 2.33 bits per heavy atom. The third-order valence-corrected chi connectivity index (χ3v) is 4.53. The summed E-state index contributed by atoms with van der Waals surface area (Å²) in [6.45, 7) is 0.207. The number of nitrogens with zero attached hydrogens (tertiary/aromatic N) is 1. The minimum Gasteiger partial charge on any atom is -0.496 e. The van der Waals surface area contributed by atoms with Crippen molar-refractivity contribution < 1.29 is 24.1 Å². The highest BCUT2D eigenvalue weighted by atomic mass is 32.2. The van der Waals surface area contributed by atoms with Crippen LogP contribution in [0.25, 0.3) is 0 Å². The van der Waals surface area contributed by atoms with Crippen molar-refractivity contribution in [2.24, 2.45) is 0 Å². The van der Waals surface area contributed by atoms with E-state index in [1.165, 1.54) is 11.8 Å². The van der Waals surface area contributed by atoms with Crippen LogP contribution in [0.4, 0.5) is 0 Å². The Kier molecular flexibility index (Phi) is 5.19. The van der Waals surface area contributed by atoms with Gasteiger partial charge in [0.15, 0.2) is 0 Å². The maximum absolute atomic E-state index is 12.0. The van der Waals surface area contributed by atoms with Gasteiger partial charge in [0, 0.05) is 18.7 Å². The number of carbonyl (C=O) groups is 1. The largest absolute Gasteiger partial charge is 0.496 e. The summed E-state index contributed by atoms with van der Waals surface area (Å²) in [5, 5.41) is 8.92. The number of methoxy groups -OCH3 is 3. The SMILES string of the molecule is COc1cc(OC)c(C2SCC(=O)N2CCO)c(OC)c1. The zero-order valence-corrected chi connectivity index (χ0v) is 13.1. The van der Waals surface area contributed by atoms with Crippen LogP contribution in [0.15, 0.2) is 12.1 Å². The zero-order valence-electron chi connectivity index (χ0n) is 12.3. The van der Waals surface area contributed by atoms with Gasteiger partial charge in [-0.3, -0.25) is 4.79 Å². The van der Waals surface area contributed by atoms with Crippen LogP contribution in [-0.4, -0.2) is 56.1 Å². The Hall–Kier alpha value is -1.60. The molecule has 1 heterocycles. The molecule has 6 nitrogen and oxygen atoms in total. The maximum atomic E-state index is 12.0. The molecule has 0 aliphatic carbocycles. The van der Waals surface area contributed by atoms with Crippen molar-refractivity contribution in [3.8, 4) is 17.2 Å². The molecule has 0 spiro atoms. The molecule has 21 heavy (non-hydrogen) atoms. The standard InChI is InChI=1S/C14H19NO5S/c1-18-9-6-10(19-2)13(11(7-9)20-3)14-15(4-5-16)12(17)8-21-14/h6-7,14,16H,4-5,8H2,1-3H3. The molecular weight excluding hydrogens is 294 g/mol. The van der Waals surface area contributed by atoms with Crippen LogP contribution in [-0.2, 0) is 4.79 Å². The summed E-state index contributed by atoms with van der Waals surface area (Å²) in [4.78, 5) is 13.6. The normalized spacial score (nSPS) is 18.0. The summed E-state index contributed by atoms with van der Waals surface area (Å²) in [7, 11) is 4.70. The van der Waals surface area contributed by atoms with Crippen LogP contribution in [0.3, 0.4) is 0 Å². The Morgan fingerprint density at radius 1 is 1.24 bits per heavy atom. The highest BCUT2D eigenvalue weighted by molar-refractivity contribution is 8.00. The number of β-amino-alcohol motifs (C(OH)–C–C–N with tert-alkyl or cyclic N) is 1. The topological polar surface area (TPSA) is 68.2 Å². The van der Waals surface area contributed by atoms with Gasteiger partial charge < -0.3 is 24.2 Å². The van der Waals surface area contributed by atoms with Gasteiger partial charge in [0.2, 0.25) is 5.91 Å². The molecule has 1 aromatic carbocycles. The molecule has 7 heteroatoms. The second-order valence-corrected chi connectivity index (χ2v) is 5.49. The van der Waals surface area contributed by atoms with Gasteiger partial charge in [0.1, 0.15) is 22.6 Å². The van der Waals surface area contributed by atoms with Crippen LogP contribution in [0.1, 0.15) is 10.9 Å². The average Bonchev–Trinajstić information content (AvgIpc) is 2.87. The Labute approximate surface area is 128 Å². The first-order chi connectivity index (χ1) is 10.2. The predicted octanol–water partition coefficient (Wildman–Crippen LogP) is 1.28. The van der Waals surface area contributed by atoms with E-state index in [4.69, 9.17) is 19.3 Å². The first-order valence-corrected chi connectivity index (χ1v) is 7.53. The second-order valence-electron chi connectivity index (χ2n) is 4.42. The van der Waals surface area contributed by atoms with Crippen molar-refractivity contribution in [3.05, 3.63) is 17.7 Å². The minimum atomic E-state index is -0.236. The van der Waals surface area contributed by atoms with Crippen molar-refractivity contribution in [2.75, 3.05) is 40.2 Å². The predicted molar refractivity (Wildman–Crippen MR) is 80.1 cm³/mol. The van der Waals surface area contributed by atoms with Gasteiger partial charge in [-0.1, -0.05) is 0 Å². The van der Waals surface area contributed by atoms with E-state index in [0.29, 0.717) is 23.0 Å². The fraction of sp³-hybridized carbons (Fsp3) is 0.500. The third kappa shape index (κ3) is 3.03. The molecule has 1 atom stereocenters. The quantitative estimate of drug-likeness (QED) is 0.853. The minimum absolute atomic E-state index is 0.000950. The lowest BCUT2D eigenvalue weighted by atomic mass is 10.1. The van der Waals surface area contributed by atoms with Crippen molar-refractivity contribution in [3.63, 3.8) is 0 Å². The van der Waals surface area contributed by atoms with Crippen molar-refractivity contribution in [1.82, 2.24) is 4.90 Å². The van der Waals surface area contributed by atoms with Gasteiger partial charge in [-0.25, -0.2) is 0 Å². The molecule has 2 rings (SSSR count). The highest BCUT2D eigenvalue weighted by Gasteiger charge is 2.36. The number of hydrogen-bond acceptors (Lipinski definition) is 6. The summed E-state index contributed by atoms with van der Waals surface area (Å²) in [5.74, 6) is 2.19. The van der Waals surface area contributed by atoms with E-state index in [1.807, 2.05) is 0 Å². The van der Waals surface area contributed by atoms with Crippen molar-refractivity contribution in [1.29, 1.82) is 0 Å². The smallest absolute Gasteiger partial charge is 0.233 e. The average molecular weight is 313 g/mol. The molecule has 1 saturated heterocycles. The first kappa shape index (κ1) is 15.8. The Bertz CT molecular complexity index is 497. The van der Waals surface area contributed by atoms with Gasteiger partial charge in [-0.05, 0) is 0 Å². The zero-order chi connectivity index (χ0) is 15.4. The van der Waals surface area contributed by atoms with Gasteiger partial charge in [0.05, 0.1) is 39.3 Å². The Balaban J connectivity index is 2.48. The fourth-order valence-corrected chi connectivity index (χ4v) is 3.59. The van der Waals surface area contributed by atoms with Crippen LogP contribution in [0.5, 0.6) is 17.2 Å². The van der Waals surface area contributed by atoms with Gasteiger partial charge >= 0.3 is 0 Å². The van der Waals surface area contributed by atoms with E-state index >= 15 is 0 Å². The van der Waals surface area contributed by atoms with E-state index in [9.17, 15) is 4.79 Å². The number of aliphatic hydroxyl groups is 1. The van der Waals surface area contributed by atoms with Gasteiger partial charge in [0.25, 0.3) is 0 Å². The van der Waals surface area contributed by atoms with E-state index in [-0.39, 0.29) is 24.4 Å². The molecule has 1 aliphatic heterocycles. The molecule has 1 amide bonds. The van der Waals surface area contributed by atoms with Gasteiger partial charge in [-0.15, -0.1) is 11.8 Å². The van der Waals surface area contributed by atoms with E-state index in [0.717, 1.165) is 5.56 Å². The van der Waals surface area contributed by atoms with Crippen LogP contribution in [0.2, 0.25) is 0 Å². The summed E-state index contributed by atoms with van der Waals surface area (Å²) >= 11 is 1.49. The number of hydrogen-bond donors (Lipinski definition) is 1. The van der Waals surface area contributed by atoms with E-state index in [1.54, 1.807) is 38.4 Å². The van der Waals surface area contributed by atoms with Crippen LogP contribution in [0, 0.1) is 0 Å². The lowest BCUT2D eigenvalue weighted by molar-refractivity contribution is -0.128. The lowest BCUT2D eigenvalue weighted by Crippen LogP contribution is -2.31. The number of ether oxygens (including phenoxy) is 3. The summed E-state index contributed by atoms with van der Waals surface area (Å²) in [5.41, 5.74) is 0.783. The summed E-state index contributed by atoms with van der Waals surface area (Å²) in [6, 6.07) is 3.52. The third-order valence-electron chi connectivity index (χ3n) is 3.31. The van der Waals surface area contributed by atoms with Crippen molar-refractivity contribution in [2.45, 2.75) is 5.37 Å². The molecule has 0 bridgehead atoms. The molecule has 0 radical (unpaired) electrons. The van der Waals surface area contributed by atoms with Crippen LogP contribution >= 0.6 is 11.8 Å². The molecule has 1 N–H and O–H groups in total. The molecule has 1 unspecified atom stereocenters. The molecular formula is C14H19NO5S. The second kappa shape index (κ2) is 6.91. The highest BCUT2D eigenvalue weighted by Crippen LogP contribution is 2.48. The number of carbonyl (C=O) groups excluding carboxylic acids is 1. The van der Waals surface area contributed by atoms with Crippen molar-refractivity contribution >= 4 is 17.7 Å². The molecule has 1 aliphatic rings. The van der Waals surface area contributed by atoms with E-state index in [2.05, 4.69) is 0 Å². The molecule has 0 aromatic heterocycles. The maximum Gasteiger partial charge on any atom is 0.233 e. The van der Waals surface area contributed by atoms with E-state index < -0.39 is 0 Å². The number of thioether (sulfide) groups is 1. The number of aliphatic hydroxyl groups excluding tert-OH is 1. The van der Waals surface area contributed by atoms with Gasteiger partial charge in [-0.2, -0.15) is 0 Å². The molecule has 1 aromatic rings. The lowest BCUT2D eigenvalue weighted by Gasteiger charge is -2.26. The number of amides is 1. The molecule has 1 fully saturated rings. The summed E-state index contributed by atoms with van der Waals surface area (Å²) < 4.78 is 16.1. The Morgan fingerprint density at radius 2 is 1.86 bits per heavy atom. The molecule has 0 saturated carbocycles. The monoisotopic (exact) mass is 313 g/mol. The fourth-order valence-electron chi connectivity index (χ4n) is 2.32. The molecule has 116 valence electrons. The van der Waals surface area contributed by atoms with Crippen LogP contribution < -0.4 is 14.2 Å². The first-order valence-electron chi connectivity index (χ1n) is 6.48. The summed E-state index contributed by atoms with van der Waals surface area (Å²) in [6.07, 6.45) is 0.